The Bertz CT molecular complexity index is 795. The van der Waals surface area contributed by atoms with Gasteiger partial charge in [0.05, 0.1) is 17.3 Å². The quantitative estimate of drug-likeness (QED) is 0.613. The zero-order valence-electron chi connectivity index (χ0n) is 12.0. The van der Waals surface area contributed by atoms with Crippen molar-refractivity contribution in [2.24, 2.45) is 0 Å². The van der Waals surface area contributed by atoms with Crippen LogP contribution in [0.2, 0.25) is 5.15 Å². The minimum Gasteiger partial charge on any atom is -0.339 e. The van der Waals surface area contributed by atoms with Crippen LogP contribution in [0.5, 0.6) is 0 Å². The molecule has 3 aromatic rings. The Labute approximate surface area is 128 Å². The van der Waals surface area contributed by atoms with Gasteiger partial charge in [0.15, 0.2) is 0 Å². The molecule has 3 rings (SSSR count). The van der Waals surface area contributed by atoms with Crippen LogP contribution in [-0.2, 0) is 0 Å². The first-order valence-corrected chi connectivity index (χ1v) is 7.37. The zero-order chi connectivity index (χ0) is 15.0. The number of nitrogens with zero attached hydrogens (tertiary/aromatic N) is 2. The Kier molecular flexibility index (Phi) is 3.68. The second-order valence-corrected chi connectivity index (χ2v) is 5.56. The topological polar surface area (TPSA) is 17.8 Å². The van der Waals surface area contributed by atoms with E-state index in [0.717, 1.165) is 28.6 Å². The summed E-state index contributed by atoms with van der Waals surface area (Å²) in [4.78, 5) is 4.33. The SMILES string of the molecule is CC[C@@H](c1cccc(F)c1)n1ccc2cc(Cl)nc(C)c21. The van der Waals surface area contributed by atoms with Gasteiger partial charge in [0, 0.05) is 11.6 Å². The molecule has 0 spiro atoms. The van der Waals surface area contributed by atoms with Crippen LogP contribution in [0.4, 0.5) is 4.39 Å². The number of aromatic nitrogens is 2. The second kappa shape index (κ2) is 5.49. The molecule has 0 N–H and O–H groups in total. The third-order valence-corrected chi connectivity index (χ3v) is 3.99. The molecule has 108 valence electrons. The predicted molar refractivity (Wildman–Crippen MR) is 84.3 cm³/mol. The molecule has 0 radical (unpaired) electrons. The van der Waals surface area contributed by atoms with Crippen LogP contribution in [0, 0.1) is 12.7 Å². The fraction of sp³-hybridized carbons (Fsp3) is 0.235. The van der Waals surface area contributed by atoms with Crippen molar-refractivity contribution < 1.29 is 4.39 Å². The number of hydrogen-bond donors (Lipinski definition) is 0. The number of fused-ring (bicyclic) bond motifs is 1. The maximum Gasteiger partial charge on any atom is 0.130 e. The highest BCUT2D eigenvalue weighted by Gasteiger charge is 2.16. The molecule has 1 aromatic carbocycles. The summed E-state index contributed by atoms with van der Waals surface area (Å²) in [7, 11) is 0. The second-order valence-electron chi connectivity index (χ2n) is 5.17. The van der Waals surface area contributed by atoms with Crippen LogP contribution in [0.1, 0.15) is 30.6 Å². The number of halogens is 2. The van der Waals surface area contributed by atoms with Crippen molar-refractivity contribution in [2.75, 3.05) is 0 Å². The molecule has 0 saturated heterocycles. The summed E-state index contributed by atoms with van der Waals surface area (Å²) in [6.07, 6.45) is 2.89. The van der Waals surface area contributed by atoms with Crippen LogP contribution in [0.3, 0.4) is 0 Å². The van der Waals surface area contributed by atoms with Crippen molar-refractivity contribution >= 4 is 22.5 Å². The highest BCUT2D eigenvalue weighted by Crippen LogP contribution is 2.30. The number of aryl methyl sites for hydroxylation is 1. The van der Waals surface area contributed by atoms with Gasteiger partial charge in [-0.3, -0.25) is 0 Å². The number of benzene rings is 1. The molecule has 0 fully saturated rings. The van der Waals surface area contributed by atoms with Crippen LogP contribution in [0.15, 0.2) is 42.6 Å². The maximum absolute atomic E-state index is 13.5. The molecule has 0 bridgehead atoms. The molecular formula is C17H16ClFN2. The van der Waals surface area contributed by atoms with Gasteiger partial charge in [-0.2, -0.15) is 0 Å². The Morgan fingerprint density at radius 2 is 2.10 bits per heavy atom. The van der Waals surface area contributed by atoms with Crippen molar-refractivity contribution in [1.29, 1.82) is 0 Å². The predicted octanol–water partition coefficient (Wildman–Crippen LogP) is 5.14. The molecule has 2 heterocycles. The van der Waals surface area contributed by atoms with Crippen LogP contribution < -0.4 is 0 Å². The van der Waals surface area contributed by atoms with Crippen molar-refractivity contribution in [3.63, 3.8) is 0 Å². The molecule has 0 aliphatic heterocycles. The van der Waals surface area contributed by atoms with Gasteiger partial charge >= 0.3 is 0 Å². The van der Waals surface area contributed by atoms with Gasteiger partial charge in [-0.25, -0.2) is 9.37 Å². The lowest BCUT2D eigenvalue weighted by atomic mass is 10.0. The molecule has 2 aromatic heterocycles. The zero-order valence-corrected chi connectivity index (χ0v) is 12.7. The van der Waals surface area contributed by atoms with E-state index in [4.69, 9.17) is 11.6 Å². The molecule has 0 aliphatic rings. The van der Waals surface area contributed by atoms with Crippen molar-refractivity contribution in [1.82, 2.24) is 9.55 Å². The summed E-state index contributed by atoms with van der Waals surface area (Å²) in [5.74, 6) is -0.208. The van der Waals surface area contributed by atoms with E-state index in [1.807, 2.05) is 31.3 Å². The van der Waals surface area contributed by atoms with E-state index in [-0.39, 0.29) is 11.9 Å². The van der Waals surface area contributed by atoms with E-state index in [1.54, 1.807) is 12.1 Å². The molecule has 0 saturated carbocycles. The molecule has 0 amide bonds. The molecule has 2 nitrogen and oxygen atoms in total. The highest BCUT2D eigenvalue weighted by atomic mass is 35.5. The Balaban J connectivity index is 2.18. The summed E-state index contributed by atoms with van der Waals surface area (Å²) >= 11 is 6.01. The average molecular weight is 303 g/mol. The summed E-state index contributed by atoms with van der Waals surface area (Å²) in [5, 5.41) is 1.55. The third kappa shape index (κ3) is 2.54. The van der Waals surface area contributed by atoms with E-state index in [9.17, 15) is 4.39 Å². The lowest BCUT2D eigenvalue weighted by molar-refractivity contribution is 0.571. The van der Waals surface area contributed by atoms with Crippen LogP contribution >= 0.6 is 11.6 Å². The monoisotopic (exact) mass is 302 g/mol. The normalized spacial score (nSPS) is 12.8. The first kappa shape index (κ1) is 14.1. The van der Waals surface area contributed by atoms with Crippen molar-refractivity contribution in [3.8, 4) is 0 Å². The largest absolute Gasteiger partial charge is 0.339 e. The summed E-state index contributed by atoms with van der Waals surface area (Å²) in [6, 6.07) is 10.7. The lowest BCUT2D eigenvalue weighted by Crippen LogP contribution is -2.09. The maximum atomic E-state index is 13.5. The first-order valence-electron chi connectivity index (χ1n) is 6.99. The van der Waals surface area contributed by atoms with E-state index >= 15 is 0 Å². The fourth-order valence-electron chi connectivity index (χ4n) is 2.92. The van der Waals surface area contributed by atoms with Gasteiger partial charge in [-0.15, -0.1) is 0 Å². The van der Waals surface area contributed by atoms with Crippen LogP contribution in [-0.4, -0.2) is 9.55 Å². The number of hydrogen-bond acceptors (Lipinski definition) is 1. The number of pyridine rings is 1. The van der Waals surface area contributed by atoms with Gasteiger partial charge in [0.1, 0.15) is 11.0 Å². The minimum atomic E-state index is -0.208. The Morgan fingerprint density at radius 3 is 2.81 bits per heavy atom. The van der Waals surface area contributed by atoms with Crippen molar-refractivity contribution in [2.45, 2.75) is 26.3 Å². The summed E-state index contributed by atoms with van der Waals surface area (Å²) in [6.45, 7) is 4.04. The summed E-state index contributed by atoms with van der Waals surface area (Å²) < 4.78 is 15.7. The Morgan fingerprint density at radius 1 is 1.29 bits per heavy atom. The minimum absolute atomic E-state index is 0.0832. The molecule has 1 atom stereocenters. The van der Waals surface area contributed by atoms with E-state index in [1.165, 1.54) is 6.07 Å². The standard InChI is InChI=1S/C17H16ClFN2/c1-3-15(12-5-4-6-14(19)9-12)21-8-7-13-10-16(18)20-11(2)17(13)21/h4-10,15H,3H2,1-2H3/t15-/m0/s1. The lowest BCUT2D eigenvalue weighted by Gasteiger charge is -2.20. The highest BCUT2D eigenvalue weighted by molar-refractivity contribution is 6.30. The molecular weight excluding hydrogens is 287 g/mol. The number of rotatable bonds is 3. The van der Waals surface area contributed by atoms with Gasteiger partial charge in [0.25, 0.3) is 0 Å². The van der Waals surface area contributed by atoms with Gasteiger partial charge in [-0.05, 0) is 43.2 Å². The van der Waals surface area contributed by atoms with E-state index < -0.39 is 0 Å². The van der Waals surface area contributed by atoms with Gasteiger partial charge < -0.3 is 4.57 Å². The van der Waals surface area contributed by atoms with Gasteiger partial charge in [0.2, 0.25) is 0 Å². The van der Waals surface area contributed by atoms with Crippen LogP contribution in [0.25, 0.3) is 10.9 Å². The third-order valence-electron chi connectivity index (χ3n) is 3.79. The van der Waals surface area contributed by atoms with E-state index in [0.29, 0.717) is 5.15 Å². The summed E-state index contributed by atoms with van der Waals surface area (Å²) in [5.41, 5.74) is 2.90. The molecule has 21 heavy (non-hydrogen) atoms. The first-order chi connectivity index (χ1) is 10.1. The van der Waals surface area contributed by atoms with Crippen molar-refractivity contribution in [3.05, 3.63) is 64.8 Å². The molecule has 0 unspecified atom stereocenters. The molecule has 0 aliphatic carbocycles. The van der Waals surface area contributed by atoms with Gasteiger partial charge in [-0.1, -0.05) is 30.7 Å². The smallest absolute Gasteiger partial charge is 0.130 e. The fourth-order valence-corrected chi connectivity index (χ4v) is 3.16. The average Bonchev–Trinajstić information content (AvgIpc) is 2.84. The van der Waals surface area contributed by atoms with E-state index in [2.05, 4.69) is 16.5 Å². The Hall–Kier alpha value is -1.87. The molecule has 4 heteroatoms.